The number of hydrogen-bond donors (Lipinski definition) is 0. The van der Waals surface area contributed by atoms with Crippen LogP contribution in [0, 0.1) is 0 Å². The van der Waals surface area contributed by atoms with Gasteiger partial charge in [0.15, 0.2) is 0 Å². The van der Waals surface area contributed by atoms with Crippen molar-refractivity contribution in [1.29, 1.82) is 0 Å². The van der Waals surface area contributed by atoms with Gasteiger partial charge in [-0.15, -0.1) is 0 Å². The third-order valence-electron chi connectivity index (χ3n) is 4.71. The molecule has 2 heterocycles. The first-order chi connectivity index (χ1) is 11.3. The molecule has 0 aliphatic carbocycles. The van der Waals surface area contributed by atoms with Crippen LogP contribution in [0.2, 0.25) is 13.3 Å². The molecule has 5 heteroatoms. The molecule has 2 aromatic heterocycles. The van der Waals surface area contributed by atoms with Crippen LogP contribution in [0.15, 0.2) is 22.2 Å². The minimum absolute atomic E-state index is 0.945. The average molecular weight is 441 g/mol. The Hall–Kier alpha value is -0.361. The van der Waals surface area contributed by atoms with Gasteiger partial charge in [0.05, 0.1) is 0 Å². The Bertz CT molecular complexity index is 531. The number of nitrogens with zero attached hydrogens (tertiary/aromatic N) is 2. The molecule has 0 N–H and O–H groups in total. The average Bonchev–Trinajstić information content (AvgIpc) is 3.25. The first kappa shape index (κ1) is 19.0. The molecule has 128 valence electrons. The van der Waals surface area contributed by atoms with E-state index in [9.17, 15) is 0 Å². The van der Waals surface area contributed by atoms with E-state index in [1.807, 2.05) is 11.6 Å². The molecule has 0 amide bonds. The van der Waals surface area contributed by atoms with Crippen molar-refractivity contribution < 1.29 is 4.52 Å². The van der Waals surface area contributed by atoms with E-state index in [1.54, 1.807) is 11.3 Å². The Morgan fingerprint density at radius 2 is 1.61 bits per heavy atom. The van der Waals surface area contributed by atoms with Crippen molar-refractivity contribution in [3.8, 4) is 10.7 Å². The Labute approximate surface area is 148 Å². The van der Waals surface area contributed by atoms with Crippen LogP contribution in [-0.2, 0) is 0 Å². The van der Waals surface area contributed by atoms with Crippen LogP contribution in [0.25, 0.3) is 10.7 Å². The van der Waals surface area contributed by atoms with E-state index in [0.29, 0.717) is 0 Å². The summed E-state index contributed by atoms with van der Waals surface area (Å²) in [4.78, 5) is 4.39. The third kappa shape index (κ3) is 5.05. The second-order valence-electron chi connectivity index (χ2n) is 6.50. The summed E-state index contributed by atoms with van der Waals surface area (Å²) in [5.74, 6) is 0. The zero-order valence-corrected chi connectivity index (χ0v) is 18.5. The van der Waals surface area contributed by atoms with E-state index >= 15 is 0 Å². The summed E-state index contributed by atoms with van der Waals surface area (Å²) in [5.41, 5.74) is 0.945. The summed E-state index contributed by atoms with van der Waals surface area (Å²) >= 11 is -0.824. The second kappa shape index (κ2) is 9.82. The van der Waals surface area contributed by atoms with E-state index < -0.39 is 18.4 Å². The predicted octanol–water partition coefficient (Wildman–Crippen LogP) is 5.85. The van der Waals surface area contributed by atoms with Crippen LogP contribution in [0.4, 0.5) is 0 Å². The standard InChI is InChI=1S/C6H3N2OS.3C4H9.Sn/c1-3-9-8-5(1)6-7-2-4-10-6;3*1-3-4-2;/h1-2,4H;3*1,3-4H2,2H3;. The van der Waals surface area contributed by atoms with Crippen LogP contribution >= 0.6 is 11.3 Å². The van der Waals surface area contributed by atoms with E-state index in [0.717, 1.165) is 10.7 Å². The molecule has 0 saturated heterocycles. The van der Waals surface area contributed by atoms with Crippen molar-refractivity contribution in [3.05, 3.63) is 17.6 Å². The maximum atomic E-state index is 5.96. The van der Waals surface area contributed by atoms with Gasteiger partial charge in [-0.25, -0.2) is 0 Å². The predicted molar refractivity (Wildman–Crippen MR) is 102 cm³/mol. The van der Waals surface area contributed by atoms with Crippen molar-refractivity contribution in [1.82, 2.24) is 10.1 Å². The van der Waals surface area contributed by atoms with Gasteiger partial charge in [0.25, 0.3) is 0 Å². The van der Waals surface area contributed by atoms with Crippen LogP contribution in [0.1, 0.15) is 59.3 Å². The molecule has 0 aliphatic rings. The Balaban J connectivity index is 2.29. The molecule has 0 aliphatic heterocycles. The normalized spacial score (nSPS) is 12.0. The van der Waals surface area contributed by atoms with Gasteiger partial charge in [0, 0.05) is 0 Å². The fourth-order valence-corrected chi connectivity index (χ4v) is 18.9. The SMILES string of the molecule is CCC[CH2][Sn]([CH2]CCC)([CH2]CCC)[c]1cc(-c2nccs2)no1. The van der Waals surface area contributed by atoms with Crippen molar-refractivity contribution in [2.75, 3.05) is 0 Å². The second-order valence-corrected chi connectivity index (χ2v) is 20.4. The molecular weight excluding hydrogens is 411 g/mol. The van der Waals surface area contributed by atoms with E-state index in [1.165, 1.54) is 55.6 Å². The van der Waals surface area contributed by atoms with Gasteiger partial charge in [-0.05, 0) is 0 Å². The van der Waals surface area contributed by atoms with Crippen LogP contribution in [0.5, 0.6) is 0 Å². The molecule has 0 fully saturated rings. The number of unbranched alkanes of at least 4 members (excludes halogenated alkanes) is 3. The molecule has 0 unspecified atom stereocenters. The molecular formula is C18H30N2OSSn. The summed E-state index contributed by atoms with van der Waals surface area (Å²) < 4.78 is 11.5. The molecule has 0 spiro atoms. The zero-order chi connectivity index (χ0) is 16.5. The summed E-state index contributed by atoms with van der Waals surface area (Å²) in [6.07, 6.45) is 9.72. The van der Waals surface area contributed by atoms with E-state index in [-0.39, 0.29) is 0 Å². The number of rotatable bonds is 11. The summed E-state index contributed by atoms with van der Waals surface area (Å²) in [6.45, 7) is 6.91. The molecule has 23 heavy (non-hydrogen) atoms. The quantitative estimate of drug-likeness (QED) is 0.411. The summed E-state index contributed by atoms with van der Waals surface area (Å²) in [6, 6.07) is 2.25. The molecule has 3 nitrogen and oxygen atoms in total. The van der Waals surface area contributed by atoms with Crippen LogP contribution in [-0.4, -0.2) is 28.5 Å². The van der Waals surface area contributed by atoms with Gasteiger partial charge >= 0.3 is 149 Å². The first-order valence-corrected chi connectivity index (χ1v) is 17.5. The molecule has 0 radical (unpaired) electrons. The van der Waals surface area contributed by atoms with Gasteiger partial charge in [-0.3, -0.25) is 0 Å². The van der Waals surface area contributed by atoms with Gasteiger partial charge in [-0.1, -0.05) is 0 Å². The Kier molecular flexibility index (Phi) is 8.10. The van der Waals surface area contributed by atoms with E-state index in [4.69, 9.17) is 4.52 Å². The Morgan fingerprint density at radius 3 is 2.09 bits per heavy atom. The summed E-state index contributed by atoms with van der Waals surface area (Å²) in [7, 11) is 0. The molecule has 2 rings (SSSR count). The number of thiazole rings is 1. The van der Waals surface area contributed by atoms with Gasteiger partial charge in [0.2, 0.25) is 0 Å². The van der Waals surface area contributed by atoms with E-state index in [2.05, 4.69) is 37.0 Å². The van der Waals surface area contributed by atoms with Crippen molar-refractivity contribution >= 4 is 33.5 Å². The monoisotopic (exact) mass is 442 g/mol. The minimum atomic E-state index is -2.47. The molecule has 0 aromatic carbocycles. The molecule has 0 atom stereocenters. The summed E-state index contributed by atoms with van der Waals surface area (Å²) in [5, 5.41) is 7.37. The van der Waals surface area contributed by atoms with Crippen molar-refractivity contribution in [3.63, 3.8) is 0 Å². The van der Waals surface area contributed by atoms with Gasteiger partial charge in [0.1, 0.15) is 0 Å². The Morgan fingerprint density at radius 1 is 1.00 bits per heavy atom. The fraction of sp³-hybridized carbons (Fsp3) is 0.667. The van der Waals surface area contributed by atoms with Crippen molar-refractivity contribution in [2.24, 2.45) is 0 Å². The van der Waals surface area contributed by atoms with Crippen molar-refractivity contribution in [2.45, 2.75) is 72.6 Å². The molecule has 2 aromatic rings. The molecule has 0 saturated carbocycles. The number of aromatic nitrogens is 2. The number of hydrogen-bond acceptors (Lipinski definition) is 4. The first-order valence-electron chi connectivity index (χ1n) is 9.12. The maximum absolute atomic E-state index is 5.96. The van der Waals surface area contributed by atoms with Crippen LogP contribution in [0.3, 0.4) is 0 Å². The fourth-order valence-electron chi connectivity index (χ4n) is 3.27. The van der Waals surface area contributed by atoms with Gasteiger partial charge < -0.3 is 0 Å². The third-order valence-corrected chi connectivity index (χ3v) is 20.4. The topological polar surface area (TPSA) is 38.9 Å². The molecule has 0 bridgehead atoms. The zero-order valence-electron chi connectivity index (χ0n) is 14.8. The van der Waals surface area contributed by atoms with Crippen LogP contribution < -0.4 is 3.78 Å². The van der Waals surface area contributed by atoms with Gasteiger partial charge in [-0.2, -0.15) is 0 Å².